The molecule has 0 bridgehead atoms. The minimum Gasteiger partial charge on any atom is -0.491 e. The van der Waals surface area contributed by atoms with Gasteiger partial charge in [0.15, 0.2) is 0 Å². The van der Waals surface area contributed by atoms with E-state index in [1.165, 1.54) is 24.0 Å². The summed E-state index contributed by atoms with van der Waals surface area (Å²) in [7, 11) is 0. The summed E-state index contributed by atoms with van der Waals surface area (Å²) >= 11 is 0. The maximum absolute atomic E-state index is 10.2. The number of rotatable bonds is 7. The van der Waals surface area contributed by atoms with E-state index in [2.05, 4.69) is 24.4 Å². The van der Waals surface area contributed by atoms with E-state index in [-0.39, 0.29) is 0 Å². The van der Waals surface area contributed by atoms with Crippen LogP contribution in [0.4, 0.5) is 0 Å². The van der Waals surface area contributed by atoms with Crippen LogP contribution in [0.3, 0.4) is 0 Å². The van der Waals surface area contributed by atoms with E-state index in [9.17, 15) is 5.11 Å². The molecule has 0 saturated carbocycles. The molecule has 1 aliphatic carbocycles. The molecule has 0 fully saturated rings. The van der Waals surface area contributed by atoms with Gasteiger partial charge in [-0.15, -0.1) is 0 Å². The van der Waals surface area contributed by atoms with E-state index in [1.54, 1.807) is 0 Å². The van der Waals surface area contributed by atoms with Crippen LogP contribution in [0.1, 0.15) is 37.8 Å². The maximum Gasteiger partial charge on any atom is 0.119 e. The first-order valence-electron chi connectivity index (χ1n) is 7.28. The second-order valence-electron chi connectivity index (χ2n) is 5.75. The van der Waals surface area contributed by atoms with Crippen LogP contribution in [0.15, 0.2) is 18.2 Å². The van der Waals surface area contributed by atoms with Gasteiger partial charge >= 0.3 is 0 Å². The van der Waals surface area contributed by atoms with Gasteiger partial charge in [0.05, 0.1) is 0 Å². The summed E-state index contributed by atoms with van der Waals surface area (Å²) in [5, 5.41) is 13.4. The Morgan fingerprint density at radius 1 is 1.32 bits per heavy atom. The van der Waals surface area contributed by atoms with Crippen LogP contribution in [0.5, 0.6) is 5.75 Å². The first kappa shape index (κ1) is 14.4. The van der Waals surface area contributed by atoms with Crippen molar-refractivity contribution in [2.75, 3.05) is 19.7 Å². The third-order valence-electron chi connectivity index (χ3n) is 3.55. The van der Waals surface area contributed by atoms with Crippen LogP contribution in [0, 0.1) is 0 Å². The molecule has 1 unspecified atom stereocenters. The second-order valence-corrected chi connectivity index (χ2v) is 5.75. The number of fused-ring (bicyclic) bond motifs is 1. The van der Waals surface area contributed by atoms with Crippen molar-refractivity contribution < 1.29 is 9.84 Å². The summed E-state index contributed by atoms with van der Waals surface area (Å²) in [6, 6.07) is 6.29. The van der Waals surface area contributed by atoms with Gasteiger partial charge in [-0.2, -0.15) is 0 Å². The summed E-state index contributed by atoms with van der Waals surface area (Å²) < 4.78 is 5.74. The van der Waals surface area contributed by atoms with Crippen LogP contribution in [-0.4, -0.2) is 30.4 Å². The Morgan fingerprint density at radius 2 is 2.11 bits per heavy atom. The number of aryl methyl sites for hydroxylation is 2. The number of hydrogen-bond donors (Lipinski definition) is 2. The molecule has 1 aromatic carbocycles. The molecule has 0 aromatic heterocycles. The van der Waals surface area contributed by atoms with Crippen LogP contribution in [0.2, 0.25) is 0 Å². The molecular formula is C16H25NO2. The first-order valence-corrected chi connectivity index (χ1v) is 7.28. The molecule has 0 aliphatic heterocycles. The van der Waals surface area contributed by atoms with Crippen LogP contribution < -0.4 is 10.1 Å². The fourth-order valence-electron chi connectivity index (χ4n) is 2.46. The summed E-state index contributed by atoms with van der Waals surface area (Å²) in [5.74, 6) is 0.872. The molecule has 106 valence electrons. The van der Waals surface area contributed by atoms with Crippen molar-refractivity contribution in [1.82, 2.24) is 5.32 Å². The zero-order valence-corrected chi connectivity index (χ0v) is 12.0. The zero-order chi connectivity index (χ0) is 13.7. The summed E-state index contributed by atoms with van der Waals surface area (Å²) in [5.41, 5.74) is 2.03. The summed E-state index contributed by atoms with van der Waals surface area (Å²) in [6.45, 7) is 5.73. The predicted octanol–water partition coefficient (Wildman–Crippen LogP) is 2.30. The standard InChI is InChI=1S/C16H25NO2/c1-3-9-17-11-16(2,18)12-19-15-8-7-13-5-4-6-14(13)10-15/h7-8,10,17-18H,3-6,9,11-12H2,1-2H3. The minimum atomic E-state index is -0.825. The summed E-state index contributed by atoms with van der Waals surface area (Å²) in [4.78, 5) is 0. The Bertz CT molecular complexity index is 415. The third kappa shape index (κ3) is 4.22. The van der Waals surface area contributed by atoms with Gasteiger partial charge in [-0.3, -0.25) is 0 Å². The number of hydrogen-bond acceptors (Lipinski definition) is 3. The van der Waals surface area contributed by atoms with E-state index in [0.29, 0.717) is 13.2 Å². The average Bonchev–Trinajstić information content (AvgIpc) is 2.84. The maximum atomic E-state index is 10.2. The largest absolute Gasteiger partial charge is 0.491 e. The van der Waals surface area contributed by atoms with E-state index in [0.717, 1.165) is 25.1 Å². The van der Waals surface area contributed by atoms with Crippen molar-refractivity contribution >= 4 is 0 Å². The Kier molecular flexibility index (Phi) is 4.83. The van der Waals surface area contributed by atoms with Gasteiger partial charge in [-0.25, -0.2) is 0 Å². The van der Waals surface area contributed by atoms with Gasteiger partial charge in [-0.05, 0) is 62.4 Å². The topological polar surface area (TPSA) is 41.5 Å². The SMILES string of the molecule is CCCNCC(C)(O)COc1ccc2c(c1)CCC2. The van der Waals surface area contributed by atoms with Crippen LogP contribution >= 0.6 is 0 Å². The quantitative estimate of drug-likeness (QED) is 0.742. The molecule has 1 aliphatic rings. The molecule has 0 heterocycles. The van der Waals surface area contributed by atoms with Gasteiger partial charge < -0.3 is 15.2 Å². The number of nitrogens with one attached hydrogen (secondary N) is 1. The Balaban J connectivity index is 1.84. The second kappa shape index (κ2) is 6.40. The first-order chi connectivity index (χ1) is 9.11. The normalized spacial score (nSPS) is 17.0. The number of benzene rings is 1. The highest BCUT2D eigenvalue weighted by Gasteiger charge is 2.21. The predicted molar refractivity (Wildman–Crippen MR) is 77.7 cm³/mol. The van der Waals surface area contributed by atoms with Crippen molar-refractivity contribution in [3.63, 3.8) is 0 Å². The average molecular weight is 263 g/mol. The lowest BCUT2D eigenvalue weighted by Gasteiger charge is -2.24. The van der Waals surface area contributed by atoms with Crippen molar-refractivity contribution in [3.05, 3.63) is 29.3 Å². The van der Waals surface area contributed by atoms with E-state index < -0.39 is 5.60 Å². The van der Waals surface area contributed by atoms with Crippen LogP contribution in [-0.2, 0) is 12.8 Å². The smallest absolute Gasteiger partial charge is 0.119 e. The molecule has 3 nitrogen and oxygen atoms in total. The Labute approximate surface area is 116 Å². The third-order valence-corrected chi connectivity index (χ3v) is 3.55. The number of ether oxygens (including phenoxy) is 1. The molecule has 0 spiro atoms. The van der Waals surface area contributed by atoms with Crippen LogP contribution in [0.25, 0.3) is 0 Å². The van der Waals surface area contributed by atoms with Gasteiger partial charge in [0.1, 0.15) is 18.0 Å². The van der Waals surface area contributed by atoms with Crippen molar-refractivity contribution in [2.45, 2.75) is 45.1 Å². The van der Waals surface area contributed by atoms with Gasteiger partial charge in [0.25, 0.3) is 0 Å². The molecule has 2 N–H and O–H groups in total. The Morgan fingerprint density at radius 3 is 2.89 bits per heavy atom. The van der Waals surface area contributed by atoms with E-state index >= 15 is 0 Å². The molecule has 1 atom stereocenters. The highest BCUT2D eigenvalue weighted by atomic mass is 16.5. The molecule has 0 radical (unpaired) electrons. The van der Waals surface area contributed by atoms with Crippen molar-refractivity contribution in [2.24, 2.45) is 0 Å². The number of aliphatic hydroxyl groups is 1. The monoisotopic (exact) mass is 263 g/mol. The van der Waals surface area contributed by atoms with E-state index in [4.69, 9.17) is 4.74 Å². The fraction of sp³-hybridized carbons (Fsp3) is 0.625. The fourth-order valence-corrected chi connectivity index (χ4v) is 2.46. The van der Waals surface area contributed by atoms with Crippen molar-refractivity contribution in [1.29, 1.82) is 0 Å². The summed E-state index contributed by atoms with van der Waals surface area (Å²) in [6.07, 6.45) is 4.66. The molecule has 0 saturated heterocycles. The molecule has 1 aromatic rings. The Hall–Kier alpha value is -1.06. The zero-order valence-electron chi connectivity index (χ0n) is 12.0. The molecule has 2 rings (SSSR count). The molecule has 0 amide bonds. The highest BCUT2D eigenvalue weighted by molar-refractivity contribution is 5.38. The lowest BCUT2D eigenvalue weighted by Crippen LogP contribution is -2.43. The lowest BCUT2D eigenvalue weighted by molar-refractivity contribution is 0.0124. The minimum absolute atomic E-state index is 0.322. The van der Waals surface area contributed by atoms with E-state index in [1.807, 2.05) is 13.0 Å². The molecule has 19 heavy (non-hydrogen) atoms. The molecular weight excluding hydrogens is 238 g/mol. The van der Waals surface area contributed by atoms with Gasteiger partial charge in [0.2, 0.25) is 0 Å². The van der Waals surface area contributed by atoms with Gasteiger partial charge in [0, 0.05) is 6.54 Å². The lowest BCUT2D eigenvalue weighted by atomic mass is 10.1. The highest BCUT2D eigenvalue weighted by Crippen LogP contribution is 2.26. The van der Waals surface area contributed by atoms with Gasteiger partial charge in [-0.1, -0.05) is 13.0 Å². The van der Waals surface area contributed by atoms with Crippen molar-refractivity contribution in [3.8, 4) is 5.75 Å². The molecule has 3 heteroatoms.